The Morgan fingerprint density at radius 1 is 1.58 bits per heavy atom. The lowest BCUT2D eigenvalue weighted by Gasteiger charge is -2.21. The Hall–Kier alpha value is -1.52. The third kappa shape index (κ3) is 6.84. The maximum atomic E-state index is 11.8. The Morgan fingerprint density at radius 3 is 2.84 bits per heavy atom. The number of nitrogens with zero attached hydrogens (tertiary/aromatic N) is 3. The van der Waals surface area contributed by atoms with Gasteiger partial charge in [-0.1, -0.05) is 5.11 Å². The molecule has 0 aliphatic carbocycles. The van der Waals surface area contributed by atoms with Gasteiger partial charge in [0.25, 0.3) is 0 Å². The SMILES string of the molecule is CC(C)(C)OC(=O)CC(CN=[N+]=[N-])Cc1ccsc1. The van der Waals surface area contributed by atoms with Crippen LogP contribution in [0.2, 0.25) is 0 Å². The molecule has 0 bridgehead atoms. The van der Waals surface area contributed by atoms with E-state index in [1.165, 1.54) is 0 Å². The highest BCUT2D eigenvalue weighted by atomic mass is 32.1. The van der Waals surface area contributed by atoms with E-state index in [9.17, 15) is 4.79 Å². The number of carbonyl (C=O) groups is 1. The van der Waals surface area contributed by atoms with Crippen molar-refractivity contribution in [3.05, 3.63) is 32.8 Å². The van der Waals surface area contributed by atoms with Crippen LogP contribution in [0.4, 0.5) is 0 Å². The Labute approximate surface area is 117 Å². The van der Waals surface area contributed by atoms with Gasteiger partial charge in [-0.3, -0.25) is 4.79 Å². The molecule has 1 aromatic heterocycles. The molecule has 5 nitrogen and oxygen atoms in total. The summed E-state index contributed by atoms with van der Waals surface area (Å²) >= 11 is 1.61. The number of ether oxygens (including phenoxy) is 1. The Balaban J connectivity index is 2.58. The van der Waals surface area contributed by atoms with Crippen LogP contribution in [0.5, 0.6) is 0 Å². The van der Waals surface area contributed by atoms with E-state index in [1.807, 2.05) is 37.6 Å². The van der Waals surface area contributed by atoms with Gasteiger partial charge in [-0.25, -0.2) is 0 Å². The Morgan fingerprint density at radius 2 is 2.32 bits per heavy atom. The minimum atomic E-state index is -0.484. The molecule has 1 atom stereocenters. The highest BCUT2D eigenvalue weighted by molar-refractivity contribution is 7.07. The molecule has 104 valence electrons. The van der Waals surface area contributed by atoms with Crippen molar-refractivity contribution >= 4 is 17.3 Å². The fraction of sp³-hybridized carbons (Fsp3) is 0.615. The molecule has 0 radical (unpaired) electrons. The van der Waals surface area contributed by atoms with E-state index < -0.39 is 5.60 Å². The second kappa shape index (κ2) is 7.16. The van der Waals surface area contributed by atoms with Crippen LogP contribution < -0.4 is 0 Å². The molecule has 0 spiro atoms. The van der Waals surface area contributed by atoms with Gasteiger partial charge >= 0.3 is 5.97 Å². The zero-order chi connectivity index (χ0) is 14.3. The first kappa shape index (κ1) is 15.5. The first-order chi connectivity index (χ1) is 8.90. The van der Waals surface area contributed by atoms with Crippen LogP contribution in [0.25, 0.3) is 10.4 Å². The highest BCUT2D eigenvalue weighted by Crippen LogP contribution is 2.18. The summed E-state index contributed by atoms with van der Waals surface area (Å²) in [6, 6.07) is 2.02. The van der Waals surface area contributed by atoms with E-state index in [1.54, 1.807) is 11.3 Å². The maximum absolute atomic E-state index is 11.8. The lowest BCUT2D eigenvalue weighted by atomic mass is 9.98. The molecule has 0 aliphatic heterocycles. The van der Waals surface area contributed by atoms with Crippen LogP contribution in [-0.4, -0.2) is 18.1 Å². The van der Waals surface area contributed by atoms with Gasteiger partial charge in [-0.2, -0.15) is 11.3 Å². The van der Waals surface area contributed by atoms with Gasteiger partial charge in [0.05, 0.1) is 0 Å². The summed E-state index contributed by atoms with van der Waals surface area (Å²) in [7, 11) is 0. The van der Waals surface area contributed by atoms with Crippen molar-refractivity contribution in [3.8, 4) is 0 Å². The molecule has 0 aliphatic rings. The fourth-order valence-electron chi connectivity index (χ4n) is 1.71. The van der Waals surface area contributed by atoms with Crippen molar-refractivity contribution < 1.29 is 9.53 Å². The topological polar surface area (TPSA) is 75.1 Å². The lowest BCUT2D eigenvalue weighted by molar-refractivity contribution is -0.155. The maximum Gasteiger partial charge on any atom is 0.306 e. The molecular weight excluding hydrogens is 262 g/mol. The molecule has 1 aromatic rings. The van der Waals surface area contributed by atoms with Crippen LogP contribution >= 0.6 is 11.3 Å². The van der Waals surface area contributed by atoms with Crippen LogP contribution in [0, 0.1) is 5.92 Å². The van der Waals surface area contributed by atoms with Gasteiger partial charge < -0.3 is 4.74 Å². The molecule has 0 fully saturated rings. The van der Waals surface area contributed by atoms with Gasteiger partial charge in [0.1, 0.15) is 5.60 Å². The number of rotatable bonds is 6. The molecule has 0 aromatic carbocycles. The van der Waals surface area contributed by atoms with E-state index in [2.05, 4.69) is 10.0 Å². The molecule has 0 saturated carbocycles. The summed E-state index contributed by atoms with van der Waals surface area (Å²) in [4.78, 5) is 14.6. The van der Waals surface area contributed by atoms with Crippen molar-refractivity contribution in [1.82, 2.24) is 0 Å². The van der Waals surface area contributed by atoms with Crippen LogP contribution in [0.15, 0.2) is 21.9 Å². The normalized spacial score (nSPS) is 12.6. The fourth-order valence-corrected chi connectivity index (χ4v) is 2.40. The van der Waals surface area contributed by atoms with Crippen LogP contribution in [0.3, 0.4) is 0 Å². The highest BCUT2D eigenvalue weighted by Gasteiger charge is 2.20. The molecular formula is C13H19N3O2S. The van der Waals surface area contributed by atoms with Crippen molar-refractivity contribution in [1.29, 1.82) is 0 Å². The van der Waals surface area contributed by atoms with Gasteiger partial charge in [-0.15, -0.1) is 0 Å². The predicted octanol–water partition coefficient (Wildman–Crippen LogP) is 3.95. The molecule has 1 heterocycles. The first-order valence-electron chi connectivity index (χ1n) is 6.14. The number of esters is 1. The van der Waals surface area contributed by atoms with Crippen molar-refractivity contribution in [2.24, 2.45) is 11.0 Å². The average molecular weight is 281 g/mol. The van der Waals surface area contributed by atoms with Crippen LogP contribution in [-0.2, 0) is 16.0 Å². The summed E-state index contributed by atoms with van der Waals surface area (Å²) in [5.41, 5.74) is 9.08. The van der Waals surface area contributed by atoms with Crippen molar-refractivity contribution in [2.45, 2.75) is 39.2 Å². The number of azide groups is 1. The zero-order valence-electron chi connectivity index (χ0n) is 11.5. The summed E-state index contributed by atoms with van der Waals surface area (Å²) < 4.78 is 5.30. The number of hydrogen-bond donors (Lipinski definition) is 0. The smallest absolute Gasteiger partial charge is 0.306 e. The summed E-state index contributed by atoms with van der Waals surface area (Å²) in [5.74, 6) is -0.263. The molecule has 1 unspecified atom stereocenters. The molecule has 0 amide bonds. The minimum Gasteiger partial charge on any atom is -0.460 e. The van der Waals surface area contributed by atoms with E-state index >= 15 is 0 Å². The first-order valence-corrected chi connectivity index (χ1v) is 7.09. The second-order valence-electron chi connectivity index (χ2n) is 5.41. The summed E-state index contributed by atoms with van der Waals surface area (Å²) in [6.07, 6.45) is 0.994. The summed E-state index contributed by atoms with van der Waals surface area (Å²) in [5, 5.41) is 7.61. The van der Waals surface area contributed by atoms with E-state index in [0.29, 0.717) is 6.54 Å². The second-order valence-corrected chi connectivity index (χ2v) is 6.19. The van der Waals surface area contributed by atoms with Gasteiger partial charge in [0, 0.05) is 17.9 Å². The average Bonchev–Trinajstić information content (AvgIpc) is 2.75. The quantitative estimate of drug-likeness (QED) is 0.342. The molecule has 19 heavy (non-hydrogen) atoms. The third-order valence-electron chi connectivity index (χ3n) is 2.38. The van der Waals surface area contributed by atoms with Gasteiger partial charge in [0.2, 0.25) is 0 Å². The molecule has 6 heteroatoms. The van der Waals surface area contributed by atoms with Crippen molar-refractivity contribution in [2.75, 3.05) is 6.54 Å². The molecule has 1 rings (SSSR count). The lowest BCUT2D eigenvalue weighted by Crippen LogP contribution is -2.26. The Bertz CT molecular complexity index is 445. The van der Waals surface area contributed by atoms with Gasteiger partial charge in [0.15, 0.2) is 0 Å². The zero-order valence-corrected chi connectivity index (χ0v) is 12.3. The molecule has 0 N–H and O–H groups in total. The number of thiophene rings is 1. The summed E-state index contributed by atoms with van der Waals surface area (Å²) in [6.45, 7) is 5.83. The standard InChI is InChI=1S/C13H19N3O2S/c1-13(2,3)18-12(17)7-11(8-15-16-14)6-10-4-5-19-9-10/h4-5,9,11H,6-8H2,1-3H3. The third-order valence-corrected chi connectivity index (χ3v) is 3.11. The van der Waals surface area contributed by atoms with E-state index in [4.69, 9.17) is 10.3 Å². The van der Waals surface area contributed by atoms with Gasteiger partial charge in [-0.05, 0) is 61.0 Å². The molecule has 0 saturated heterocycles. The number of carbonyl (C=O) groups excluding carboxylic acids is 1. The van der Waals surface area contributed by atoms with E-state index in [0.717, 1.165) is 12.0 Å². The predicted molar refractivity (Wildman–Crippen MR) is 76.0 cm³/mol. The van der Waals surface area contributed by atoms with Crippen molar-refractivity contribution in [3.63, 3.8) is 0 Å². The minimum absolute atomic E-state index is 0.0136. The monoisotopic (exact) mass is 281 g/mol. The Kier molecular flexibility index (Phi) is 5.86. The van der Waals surface area contributed by atoms with E-state index in [-0.39, 0.29) is 18.3 Å². The largest absolute Gasteiger partial charge is 0.460 e. The number of hydrogen-bond acceptors (Lipinski definition) is 4. The van der Waals surface area contributed by atoms with Crippen LogP contribution in [0.1, 0.15) is 32.8 Å².